The molecule has 40 heavy (non-hydrogen) atoms. The van der Waals surface area contributed by atoms with Gasteiger partial charge in [-0.1, -0.05) is 0 Å². The van der Waals surface area contributed by atoms with Gasteiger partial charge in [0.05, 0.1) is 19.1 Å². The Balaban J connectivity index is 5.20. The van der Waals surface area contributed by atoms with Crippen molar-refractivity contribution in [3.05, 3.63) is 0 Å². The molecule has 0 aliphatic rings. The van der Waals surface area contributed by atoms with Crippen LogP contribution in [-0.4, -0.2) is 107 Å². The second-order valence-electron chi connectivity index (χ2n) is 8.87. The van der Waals surface area contributed by atoms with E-state index < -0.39 is 78.8 Å². The zero-order valence-corrected chi connectivity index (χ0v) is 22.3. The summed E-state index contributed by atoms with van der Waals surface area (Å²) in [6.45, 7) is 0.884. The van der Waals surface area contributed by atoms with Gasteiger partial charge in [0, 0.05) is 6.54 Å². The summed E-state index contributed by atoms with van der Waals surface area (Å²) in [5.74, 6) is -6.73. The Morgan fingerprint density at radius 2 is 1.35 bits per heavy atom. The Bertz CT molecular complexity index is 912. The molecule has 4 amide bonds. The zero-order valence-electron chi connectivity index (χ0n) is 22.3. The molecule has 0 fully saturated rings. The van der Waals surface area contributed by atoms with E-state index in [1.165, 1.54) is 6.92 Å². The van der Waals surface area contributed by atoms with Gasteiger partial charge in [0.1, 0.15) is 24.2 Å². The number of carboxylic acid groups (broad SMARTS) is 2. The van der Waals surface area contributed by atoms with Crippen molar-refractivity contribution in [1.82, 2.24) is 21.3 Å². The monoisotopic (exact) mass is 575 g/mol. The first kappa shape index (κ1) is 36.0. The van der Waals surface area contributed by atoms with Crippen LogP contribution in [0, 0.1) is 0 Å². The van der Waals surface area contributed by atoms with E-state index in [0.717, 1.165) is 0 Å². The van der Waals surface area contributed by atoms with Crippen LogP contribution in [0.1, 0.15) is 45.4 Å². The van der Waals surface area contributed by atoms with Crippen LogP contribution in [0.25, 0.3) is 0 Å². The van der Waals surface area contributed by atoms with Gasteiger partial charge in [-0.2, -0.15) is 0 Å². The SMILES string of the molecule is C[C@H](NC(=O)[C@@H](N)CCCN=C(N)N)C(=O)N[C@@H](CC(=O)O)C(=O)N[C@@H](CO)C(=O)N[C@@H](CCCCN)C(=O)O. The minimum atomic E-state index is -1.71. The van der Waals surface area contributed by atoms with Crippen LogP contribution in [0.3, 0.4) is 0 Å². The first-order valence-corrected chi connectivity index (χ1v) is 12.5. The van der Waals surface area contributed by atoms with E-state index in [4.69, 9.17) is 22.9 Å². The van der Waals surface area contributed by atoms with Crippen LogP contribution in [-0.2, 0) is 28.8 Å². The van der Waals surface area contributed by atoms with Crippen molar-refractivity contribution in [2.24, 2.45) is 27.9 Å². The van der Waals surface area contributed by atoms with Crippen LogP contribution in [0.4, 0.5) is 0 Å². The molecule has 0 aliphatic heterocycles. The summed E-state index contributed by atoms with van der Waals surface area (Å²) in [5, 5.41) is 36.9. The number of guanidine groups is 1. The number of carboxylic acids is 2. The van der Waals surface area contributed by atoms with Gasteiger partial charge < -0.3 is 59.5 Å². The predicted octanol–water partition coefficient (Wildman–Crippen LogP) is -4.99. The Hall–Kier alpha value is -4.03. The number of unbranched alkanes of at least 4 members (excludes halogenated alkanes) is 1. The summed E-state index contributed by atoms with van der Waals surface area (Å²) in [7, 11) is 0. The lowest BCUT2D eigenvalue weighted by atomic mass is 10.1. The van der Waals surface area contributed by atoms with E-state index in [2.05, 4.69) is 26.3 Å². The Morgan fingerprint density at radius 1 is 0.775 bits per heavy atom. The molecule has 18 heteroatoms. The molecule has 228 valence electrons. The second kappa shape index (κ2) is 19.1. The van der Waals surface area contributed by atoms with E-state index in [-0.39, 0.29) is 25.3 Å². The number of aliphatic hydroxyl groups is 1. The van der Waals surface area contributed by atoms with Crippen LogP contribution in [0.5, 0.6) is 0 Å². The first-order chi connectivity index (χ1) is 18.7. The van der Waals surface area contributed by atoms with E-state index in [0.29, 0.717) is 25.8 Å². The standard InChI is InChI=1S/C22H41N9O9/c1-11(28-18(36)12(24)5-4-8-27-22(25)26)17(35)30-14(9-16(33)34)19(37)31-15(10-32)20(38)29-13(21(39)40)6-2-3-7-23/h11-15,32H,2-10,23-24H2,1H3,(H,28,36)(H,29,38)(H,30,35)(H,31,37)(H,33,34)(H,39,40)(H4,25,26,27)/t11-,12-,13-,14-,15-/m0/s1. The van der Waals surface area contributed by atoms with Gasteiger partial charge in [0.25, 0.3) is 0 Å². The molecule has 0 aliphatic carbocycles. The lowest BCUT2D eigenvalue weighted by Gasteiger charge is -2.24. The lowest BCUT2D eigenvalue weighted by molar-refractivity contribution is -0.143. The molecule has 0 saturated heterocycles. The Kier molecular flexibility index (Phi) is 17.2. The van der Waals surface area contributed by atoms with Gasteiger partial charge in [-0.3, -0.25) is 29.0 Å². The smallest absolute Gasteiger partial charge is 0.326 e. The average Bonchev–Trinajstić information content (AvgIpc) is 2.87. The lowest BCUT2D eigenvalue weighted by Crippen LogP contribution is -2.59. The molecule has 0 heterocycles. The summed E-state index contributed by atoms with van der Waals surface area (Å²) in [6.07, 6.45) is 0.634. The number of nitrogens with two attached hydrogens (primary N) is 4. The van der Waals surface area contributed by atoms with Gasteiger partial charge in [-0.15, -0.1) is 0 Å². The number of rotatable bonds is 20. The van der Waals surface area contributed by atoms with Crippen LogP contribution >= 0.6 is 0 Å². The fraction of sp³-hybridized carbons (Fsp3) is 0.682. The zero-order chi connectivity index (χ0) is 30.8. The van der Waals surface area contributed by atoms with Crippen LogP contribution < -0.4 is 44.2 Å². The summed E-state index contributed by atoms with van der Waals surface area (Å²) in [6, 6.07) is -6.91. The fourth-order valence-electron chi connectivity index (χ4n) is 3.21. The van der Waals surface area contributed by atoms with Crippen molar-refractivity contribution < 1.29 is 44.1 Å². The third-order valence-electron chi connectivity index (χ3n) is 5.45. The summed E-state index contributed by atoms with van der Waals surface area (Å²) in [4.78, 5) is 76.5. The summed E-state index contributed by atoms with van der Waals surface area (Å²) in [5.41, 5.74) is 21.6. The molecule has 15 N–H and O–H groups in total. The highest BCUT2D eigenvalue weighted by Crippen LogP contribution is 2.03. The molecule has 0 aromatic heterocycles. The van der Waals surface area contributed by atoms with Crippen molar-refractivity contribution in [3.63, 3.8) is 0 Å². The van der Waals surface area contributed by atoms with Crippen molar-refractivity contribution in [3.8, 4) is 0 Å². The van der Waals surface area contributed by atoms with Gasteiger partial charge in [-0.05, 0) is 45.6 Å². The van der Waals surface area contributed by atoms with Crippen LogP contribution in [0.2, 0.25) is 0 Å². The molecule has 0 bridgehead atoms. The van der Waals surface area contributed by atoms with Crippen molar-refractivity contribution in [2.75, 3.05) is 19.7 Å². The van der Waals surface area contributed by atoms with E-state index in [1.54, 1.807) is 0 Å². The quantitative estimate of drug-likeness (QED) is 0.0368. The van der Waals surface area contributed by atoms with E-state index in [1.807, 2.05) is 0 Å². The van der Waals surface area contributed by atoms with Crippen molar-refractivity contribution in [1.29, 1.82) is 0 Å². The number of nitrogens with zero attached hydrogens (tertiary/aromatic N) is 1. The van der Waals surface area contributed by atoms with Gasteiger partial charge >= 0.3 is 11.9 Å². The fourth-order valence-corrected chi connectivity index (χ4v) is 3.21. The number of hydrogen-bond donors (Lipinski definition) is 11. The van der Waals surface area contributed by atoms with Crippen LogP contribution in [0.15, 0.2) is 4.99 Å². The maximum atomic E-state index is 12.7. The molecule has 0 rings (SSSR count). The number of carbonyl (C=O) groups excluding carboxylic acids is 4. The summed E-state index contributed by atoms with van der Waals surface area (Å²) >= 11 is 0. The highest BCUT2D eigenvalue weighted by atomic mass is 16.4. The molecule has 0 aromatic rings. The topological polar surface area (TPSA) is 328 Å². The number of aliphatic carboxylic acids is 2. The first-order valence-electron chi connectivity index (χ1n) is 12.5. The van der Waals surface area contributed by atoms with Gasteiger partial charge in [-0.25, -0.2) is 4.79 Å². The molecule has 0 unspecified atom stereocenters. The molecule has 0 radical (unpaired) electrons. The molecule has 0 aromatic carbocycles. The number of carbonyl (C=O) groups is 6. The van der Waals surface area contributed by atoms with E-state index >= 15 is 0 Å². The second-order valence-corrected chi connectivity index (χ2v) is 8.87. The van der Waals surface area contributed by atoms with Crippen molar-refractivity contribution in [2.45, 2.75) is 75.7 Å². The van der Waals surface area contributed by atoms with E-state index in [9.17, 15) is 44.1 Å². The highest BCUT2D eigenvalue weighted by Gasteiger charge is 2.31. The third-order valence-corrected chi connectivity index (χ3v) is 5.45. The summed E-state index contributed by atoms with van der Waals surface area (Å²) < 4.78 is 0. The molecular weight excluding hydrogens is 534 g/mol. The Labute approximate surface area is 230 Å². The molecule has 5 atom stereocenters. The molecule has 18 nitrogen and oxygen atoms in total. The van der Waals surface area contributed by atoms with Crippen molar-refractivity contribution >= 4 is 41.5 Å². The number of aliphatic imine (C=N–C) groups is 1. The normalized spacial score (nSPS) is 14.4. The Morgan fingerprint density at radius 3 is 1.88 bits per heavy atom. The minimum absolute atomic E-state index is 0.0472. The predicted molar refractivity (Wildman–Crippen MR) is 141 cm³/mol. The molecule has 0 spiro atoms. The number of hydrogen-bond acceptors (Lipinski definition) is 10. The number of aliphatic hydroxyl groups excluding tert-OH is 1. The maximum absolute atomic E-state index is 12.7. The third kappa shape index (κ3) is 14.8. The number of amides is 4. The average molecular weight is 576 g/mol. The van der Waals surface area contributed by atoms with Gasteiger partial charge in [0.2, 0.25) is 23.6 Å². The molecule has 0 saturated carbocycles. The largest absolute Gasteiger partial charge is 0.481 e. The number of nitrogens with one attached hydrogen (secondary N) is 4. The highest BCUT2D eigenvalue weighted by molar-refractivity contribution is 5.96. The maximum Gasteiger partial charge on any atom is 0.326 e. The van der Waals surface area contributed by atoms with Gasteiger partial charge in [0.15, 0.2) is 5.96 Å². The molecular formula is C22H41N9O9. The minimum Gasteiger partial charge on any atom is -0.481 e.